The molecule has 3 aromatic rings. The molecular weight excluding hydrogens is 357 g/mol. The lowest BCUT2D eigenvalue weighted by Crippen LogP contribution is -2.37. The third-order valence-corrected chi connectivity index (χ3v) is 5.46. The third kappa shape index (κ3) is 3.81. The molecule has 1 aliphatic carbocycles. The van der Waals surface area contributed by atoms with E-state index < -0.39 is 0 Å². The van der Waals surface area contributed by atoms with Crippen LogP contribution in [0.15, 0.2) is 59.7 Å². The average Bonchev–Trinajstić information content (AvgIpc) is 3.24. The number of hydrogen-bond acceptors (Lipinski definition) is 3. The lowest BCUT2D eigenvalue weighted by atomic mass is 9.91. The third-order valence-electron chi connectivity index (χ3n) is 5.46. The summed E-state index contributed by atoms with van der Waals surface area (Å²) in [6, 6.07) is 13.2. The van der Waals surface area contributed by atoms with Crippen molar-refractivity contribution >= 4 is 16.8 Å². The van der Waals surface area contributed by atoms with Gasteiger partial charge in [0.05, 0.1) is 23.3 Å². The number of fused-ring (bicyclic) bond motifs is 1. The van der Waals surface area contributed by atoms with Crippen molar-refractivity contribution < 1.29 is 9.18 Å². The maximum Gasteiger partial charge on any atom is 0.261 e. The number of hydrogen-bond donors (Lipinski definition) is 1. The molecule has 28 heavy (non-hydrogen) atoms. The molecule has 1 atom stereocenters. The number of amides is 1. The van der Waals surface area contributed by atoms with E-state index in [1.165, 1.54) is 23.0 Å². The van der Waals surface area contributed by atoms with Gasteiger partial charge in [0.2, 0.25) is 5.91 Å². The first-order valence-electron chi connectivity index (χ1n) is 9.61. The van der Waals surface area contributed by atoms with Gasteiger partial charge in [-0.3, -0.25) is 14.2 Å². The number of halogens is 1. The number of benzene rings is 2. The number of nitrogens with one attached hydrogen (secondary N) is 1. The predicted molar refractivity (Wildman–Crippen MR) is 105 cm³/mol. The molecule has 1 aliphatic rings. The zero-order chi connectivity index (χ0) is 19.5. The summed E-state index contributed by atoms with van der Waals surface area (Å²) in [5.41, 5.74) is 1.27. The van der Waals surface area contributed by atoms with Crippen molar-refractivity contribution in [1.82, 2.24) is 14.9 Å². The molecule has 0 bridgehead atoms. The van der Waals surface area contributed by atoms with Gasteiger partial charge >= 0.3 is 0 Å². The maximum atomic E-state index is 13.3. The van der Waals surface area contributed by atoms with Gasteiger partial charge < -0.3 is 5.32 Å². The van der Waals surface area contributed by atoms with E-state index in [4.69, 9.17) is 0 Å². The van der Waals surface area contributed by atoms with Gasteiger partial charge in [-0.1, -0.05) is 37.1 Å². The average molecular weight is 379 g/mol. The van der Waals surface area contributed by atoms with Crippen LogP contribution in [0.3, 0.4) is 0 Å². The van der Waals surface area contributed by atoms with Crippen LogP contribution in [0.5, 0.6) is 0 Å². The number of nitrogens with zero attached hydrogens (tertiary/aromatic N) is 2. The van der Waals surface area contributed by atoms with Gasteiger partial charge in [-0.2, -0.15) is 0 Å². The lowest BCUT2D eigenvalue weighted by molar-refractivity contribution is -0.122. The lowest BCUT2D eigenvalue weighted by Gasteiger charge is -2.25. The summed E-state index contributed by atoms with van der Waals surface area (Å²) in [6.45, 7) is -0.0961. The quantitative estimate of drug-likeness (QED) is 0.737. The Morgan fingerprint density at radius 2 is 1.86 bits per heavy atom. The molecule has 1 amide bonds. The highest BCUT2D eigenvalue weighted by Gasteiger charge is 2.28. The molecule has 0 saturated heterocycles. The molecular formula is C22H22FN3O2. The summed E-state index contributed by atoms with van der Waals surface area (Å²) in [6.07, 6.45) is 5.73. The summed E-state index contributed by atoms with van der Waals surface area (Å²) in [5.74, 6) is -0.227. The molecule has 1 fully saturated rings. The van der Waals surface area contributed by atoms with Crippen molar-refractivity contribution in [3.8, 4) is 0 Å². The Hall–Kier alpha value is -3.02. The number of carbonyl (C=O) groups excluding carboxylic acids is 1. The van der Waals surface area contributed by atoms with Gasteiger partial charge in [0.25, 0.3) is 5.56 Å². The molecule has 6 heteroatoms. The van der Waals surface area contributed by atoms with Crippen LogP contribution in [0.4, 0.5) is 4.39 Å². The molecule has 1 heterocycles. The van der Waals surface area contributed by atoms with Gasteiger partial charge in [-0.25, -0.2) is 9.37 Å². The highest BCUT2D eigenvalue weighted by atomic mass is 19.1. The molecule has 1 saturated carbocycles. The van der Waals surface area contributed by atoms with Gasteiger partial charge in [0, 0.05) is 0 Å². The Morgan fingerprint density at radius 1 is 1.14 bits per heavy atom. The number of aromatic nitrogens is 2. The largest absolute Gasteiger partial charge is 0.347 e. The molecule has 0 radical (unpaired) electrons. The summed E-state index contributed by atoms with van der Waals surface area (Å²) >= 11 is 0. The molecule has 1 aromatic heterocycles. The number of carbonyl (C=O) groups is 1. The Morgan fingerprint density at radius 3 is 2.61 bits per heavy atom. The molecule has 4 rings (SSSR count). The number of rotatable bonds is 5. The molecule has 0 aliphatic heterocycles. The summed E-state index contributed by atoms with van der Waals surface area (Å²) in [4.78, 5) is 29.6. The van der Waals surface area contributed by atoms with E-state index in [0.717, 1.165) is 31.2 Å². The second-order valence-corrected chi connectivity index (χ2v) is 7.34. The van der Waals surface area contributed by atoms with E-state index in [9.17, 15) is 14.0 Å². The van der Waals surface area contributed by atoms with E-state index in [0.29, 0.717) is 16.8 Å². The molecule has 144 valence electrons. The Balaban J connectivity index is 1.55. The van der Waals surface area contributed by atoms with Gasteiger partial charge in [0.15, 0.2) is 0 Å². The van der Waals surface area contributed by atoms with Gasteiger partial charge in [-0.15, -0.1) is 0 Å². The van der Waals surface area contributed by atoms with E-state index >= 15 is 0 Å². The van der Waals surface area contributed by atoms with E-state index in [1.54, 1.807) is 30.3 Å². The van der Waals surface area contributed by atoms with Crippen LogP contribution >= 0.6 is 0 Å². The van der Waals surface area contributed by atoms with Crippen LogP contribution in [-0.4, -0.2) is 15.5 Å². The first kappa shape index (κ1) is 18.3. The maximum absolute atomic E-state index is 13.3. The van der Waals surface area contributed by atoms with Crippen molar-refractivity contribution in [1.29, 1.82) is 0 Å². The molecule has 0 unspecified atom stereocenters. The first-order chi connectivity index (χ1) is 13.6. The topological polar surface area (TPSA) is 64.0 Å². The summed E-state index contributed by atoms with van der Waals surface area (Å²) in [5, 5.41) is 3.56. The van der Waals surface area contributed by atoms with Gasteiger partial charge in [-0.05, 0) is 48.6 Å². The molecule has 2 aromatic carbocycles. The minimum Gasteiger partial charge on any atom is -0.347 e. The number of para-hydroxylation sites is 1. The fourth-order valence-electron chi connectivity index (χ4n) is 4.03. The van der Waals surface area contributed by atoms with Crippen LogP contribution in [0, 0.1) is 11.7 Å². The first-order valence-corrected chi connectivity index (χ1v) is 9.61. The second-order valence-electron chi connectivity index (χ2n) is 7.34. The normalized spacial score (nSPS) is 15.6. The van der Waals surface area contributed by atoms with Crippen molar-refractivity contribution in [3.63, 3.8) is 0 Å². The SMILES string of the molecule is O=C(Cn1cnc2ccccc2c1=O)N[C@H](c1ccc(F)cc1)C1CCCC1. The van der Waals surface area contributed by atoms with Crippen molar-refractivity contribution in [2.45, 2.75) is 38.3 Å². The van der Waals surface area contributed by atoms with E-state index in [1.807, 2.05) is 6.07 Å². The van der Waals surface area contributed by atoms with Crippen molar-refractivity contribution in [2.75, 3.05) is 0 Å². The summed E-state index contributed by atoms with van der Waals surface area (Å²) in [7, 11) is 0. The van der Waals surface area contributed by atoms with Crippen molar-refractivity contribution in [3.05, 3.63) is 76.6 Å². The standard InChI is InChI=1S/C22H22FN3O2/c23-17-11-9-16(10-12-17)21(15-5-1-2-6-15)25-20(27)13-26-14-24-19-8-4-3-7-18(19)22(26)28/h3-4,7-12,14-15,21H,1-2,5-6,13H2,(H,25,27)/t21-/m0/s1. The predicted octanol–water partition coefficient (Wildman–Crippen LogP) is 3.58. The van der Waals surface area contributed by atoms with E-state index in [2.05, 4.69) is 10.3 Å². The van der Waals surface area contributed by atoms with Crippen LogP contribution in [0.25, 0.3) is 10.9 Å². The van der Waals surface area contributed by atoms with Crippen LogP contribution in [-0.2, 0) is 11.3 Å². The Kier molecular flexibility index (Phi) is 5.19. The highest BCUT2D eigenvalue weighted by molar-refractivity contribution is 5.79. The Bertz CT molecular complexity index is 1040. The zero-order valence-electron chi connectivity index (χ0n) is 15.5. The molecule has 1 N–H and O–H groups in total. The van der Waals surface area contributed by atoms with Crippen LogP contribution in [0.1, 0.15) is 37.3 Å². The summed E-state index contributed by atoms with van der Waals surface area (Å²) < 4.78 is 14.6. The van der Waals surface area contributed by atoms with Crippen LogP contribution < -0.4 is 10.9 Å². The van der Waals surface area contributed by atoms with Crippen molar-refractivity contribution in [2.24, 2.45) is 5.92 Å². The fraction of sp³-hybridized carbons (Fsp3) is 0.318. The minimum atomic E-state index is -0.297. The van der Waals surface area contributed by atoms with Crippen LogP contribution in [0.2, 0.25) is 0 Å². The molecule has 5 nitrogen and oxygen atoms in total. The smallest absolute Gasteiger partial charge is 0.261 e. The second kappa shape index (κ2) is 7.92. The zero-order valence-corrected chi connectivity index (χ0v) is 15.5. The highest BCUT2D eigenvalue weighted by Crippen LogP contribution is 2.35. The van der Waals surface area contributed by atoms with Gasteiger partial charge in [0.1, 0.15) is 12.4 Å². The Labute approximate surface area is 162 Å². The minimum absolute atomic E-state index is 0.0961. The molecule has 0 spiro atoms. The fourth-order valence-corrected chi connectivity index (χ4v) is 4.03. The monoisotopic (exact) mass is 379 g/mol. The van der Waals surface area contributed by atoms with E-state index in [-0.39, 0.29) is 29.9 Å².